The maximum absolute atomic E-state index is 4.16. The molecule has 0 amide bonds. The summed E-state index contributed by atoms with van der Waals surface area (Å²) in [5.41, 5.74) is 1.30. The van der Waals surface area contributed by atoms with Gasteiger partial charge in [0.25, 0.3) is 0 Å². The second-order valence-corrected chi connectivity index (χ2v) is 4.12. The van der Waals surface area contributed by atoms with Crippen molar-refractivity contribution in [3.05, 3.63) is 22.4 Å². The summed E-state index contributed by atoms with van der Waals surface area (Å²) in [5.74, 6) is 0.884. The highest BCUT2D eigenvalue weighted by molar-refractivity contribution is 14.0. The Kier molecular flexibility index (Phi) is 9.71. The average Bonchev–Trinajstić information content (AvgIpc) is 2.76. The number of hydrogen-bond acceptors (Lipinski definition) is 2. The summed E-state index contributed by atoms with van der Waals surface area (Å²) in [6.07, 6.45) is 2.38. The minimum atomic E-state index is 0. The van der Waals surface area contributed by atoms with E-state index in [1.807, 2.05) is 0 Å². The van der Waals surface area contributed by atoms with Crippen molar-refractivity contribution >= 4 is 41.3 Å². The summed E-state index contributed by atoms with van der Waals surface area (Å²) in [6.45, 7) is 4.01. The van der Waals surface area contributed by atoms with Crippen molar-refractivity contribution < 1.29 is 0 Å². The summed E-state index contributed by atoms with van der Waals surface area (Å²) in [6, 6.07) is 2.12. The molecule has 1 rings (SSSR count). The van der Waals surface area contributed by atoms with E-state index in [4.69, 9.17) is 0 Å². The fourth-order valence-corrected chi connectivity index (χ4v) is 1.85. The van der Waals surface area contributed by atoms with Gasteiger partial charge in [-0.3, -0.25) is 4.99 Å². The third kappa shape index (κ3) is 6.32. The molecule has 0 spiro atoms. The van der Waals surface area contributed by atoms with Crippen LogP contribution in [0.2, 0.25) is 0 Å². The van der Waals surface area contributed by atoms with Gasteiger partial charge in [-0.25, -0.2) is 0 Å². The fraction of sp³-hybridized carbons (Fsp3) is 0.545. The molecule has 1 aromatic rings. The molecular formula is C11H20IN3S. The quantitative estimate of drug-likeness (QED) is 0.370. The smallest absolute Gasteiger partial charge is 0.191 e. The predicted molar refractivity (Wildman–Crippen MR) is 82.8 cm³/mol. The molecule has 92 valence electrons. The van der Waals surface area contributed by atoms with E-state index >= 15 is 0 Å². The number of nitrogens with zero attached hydrogens (tertiary/aromatic N) is 1. The average molecular weight is 353 g/mol. The van der Waals surface area contributed by atoms with Gasteiger partial charge in [0.2, 0.25) is 0 Å². The second-order valence-electron chi connectivity index (χ2n) is 3.34. The molecule has 0 aliphatic heterocycles. The highest BCUT2D eigenvalue weighted by atomic mass is 127. The highest BCUT2D eigenvalue weighted by Gasteiger charge is 1.97. The lowest BCUT2D eigenvalue weighted by molar-refractivity contribution is 0.729. The van der Waals surface area contributed by atoms with Gasteiger partial charge in [-0.15, -0.1) is 24.0 Å². The summed E-state index contributed by atoms with van der Waals surface area (Å²) in [7, 11) is 1.80. The van der Waals surface area contributed by atoms with Crippen LogP contribution in [0.5, 0.6) is 0 Å². The van der Waals surface area contributed by atoms with Crippen molar-refractivity contribution in [3.63, 3.8) is 0 Å². The Morgan fingerprint density at radius 1 is 1.44 bits per heavy atom. The predicted octanol–water partition coefficient (Wildman–Crippen LogP) is 2.83. The van der Waals surface area contributed by atoms with Crippen molar-refractivity contribution in [2.45, 2.75) is 26.3 Å². The minimum Gasteiger partial charge on any atom is -0.356 e. The third-order valence-electron chi connectivity index (χ3n) is 2.09. The zero-order chi connectivity index (χ0) is 10.9. The van der Waals surface area contributed by atoms with Crippen LogP contribution in [-0.4, -0.2) is 19.6 Å². The van der Waals surface area contributed by atoms with E-state index in [0.717, 1.165) is 19.0 Å². The number of nitrogens with one attached hydrogen (secondary N) is 2. The molecule has 2 N–H and O–H groups in total. The van der Waals surface area contributed by atoms with Crippen molar-refractivity contribution in [1.29, 1.82) is 0 Å². The van der Waals surface area contributed by atoms with Crippen molar-refractivity contribution in [1.82, 2.24) is 10.6 Å². The number of aliphatic imine (C=N–C) groups is 1. The van der Waals surface area contributed by atoms with E-state index < -0.39 is 0 Å². The van der Waals surface area contributed by atoms with Gasteiger partial charge in [-0.2, -0.15) is 11.3 Å². The second kappa shape index (κ2) is 9.89. The fourth-order valence-electron chi connectivity index (χ4n) is 1.18. The lowest BCUT2D eigenvalue weighted by Crippen LogP contribution is -2.37. The summed E-state index contributed by atoms with van der Waals surface area (Å²) in [4.78, 5) is 4.16. The largest absolute Gasteiger partial charge is 0.356 e. The molecular weight excluding hydrogens is 333 g/mol. The van der Waals surface area contributed by atoms with Crippen LogP contribution in [0.3, 0.4) is 0 Å². The lowest BCUT2D eigenvalue weighted by atomic mass is 10.3. The van der Waals surface area contributed by atoms with E-state index in [1.165, 1.54) is 18.4 Å². The first kappa shape index (κ1) is 15.7. The van der Waals surface area contributed by atoms with Crippen molar-refractivity contribution in [2.75, 3.05) is 13.6 Å². The molecule has 0 saturated heterocycles. The van der Waals surface area contributed by atoms with E-state index in [0.29, 0.717) is 0 Å². The standard InChI is InChI=1S/C11H19N3S.HI/c1-3-4-6-13-11(12-2)14-8-10-5-7-15-9-10;/h5,7,9H,3-4,6,8H2,1-2H3,(H2,12,13,14);1H. The Morgan fingerprint density at radius 3 is 2.81 bits per heavy atom. The third-order valence-corrected chi connectivity index (χ3v) is 2.82. The number of thiophene rings is 1. The van der Waals surface area contributed by atoms with E-state index in [1.54, 1.807) is 18.4 Å². The monoisotopic (exact) mass is 353 g/mol. The Labute approximate surface area is 119 Å². The summed E-state index contributed by atoms with van der Waals surface area (Å²) in [5, 5.41) is 10.8. The molecule has 3 nitrogen and oxygen atoms in total. The molecule has 0 radical (unpaired) electrons. The van der Waals surface area contributed by atoms with Crippen molar-refractivity contribution in [3.8, 4) is 0 Å². The number of halogens is 1. The first-order valence-electron chi connectivity index (χ1n) is 5.32. The van der Waals surface area contributed by atoms with Gasteiger partial charge in [0, 0.05) is 20.1 Å². The molecule has 0 saturated carbocycles. The first-order chi connectivity index (χ1) is 7.36. The van der Waals surface area contributed by atoms with Crippen LogP contribution < -0.4 is 10.6 Å². The van der Waals surface area contributed by atoms with Gasteiger partial charge in [0.15, 0.2) is 5.96 Å². The SMILES string of the molecule is CCCCNC(=NC)NCc1ccsc1.I. The molecule has 0 unspecified atom stereocenters. The lowest BCUT2D eigenvalue weighted by Gasteiger charge is -2.10. The van der Waals surface area contributed by atoms with Gasteiger partial charge in [0.05, 0.1) is 0 Å². The van der Waals surface area contributed by atoms with Crippen LogP contribution in [0, 0.1) is 0 Å². The van der Waals surface area contributed by atoms with Gasteiger partial charge in [-0.05, 0) is 28.8 Å². The zero-order valence-corrected chi connectivity index (χ0v) is 13.0. The molecule has 0 bridgehead atoms. The van der Waals surface area contributed by atoms with Crippen LogP contribution in [0.15, 0.2) is 21.8 Å². The molecule has 0 aliphatic rings. The number of rotatable bonds is 5. The normalized spacial score (nSPS) is 10.8. The summed E-state index contributed by atoms with van der Waals surface area (Å²) >= 11 is 1.72. The zero-order valence-electron chi connectivity index (χ0n) is 9.82. The highest BCUT2D eigenvalue weighted by Crippen LogP contribution is 2.04. The Morgan fingerprint density at radius 2 is 2.25 bits per heavy atom. The topological polar surface area (TPSA) is 36.4 Å². The molecule has 1 heterocycles. The van der Waals surface area contributed by atoms with Crippen molar-refractivity contribution in [2.24, 2.45) is 4.99 Å². The van der Waals surface area contributed by atoms with Crippen LogP contribution in [0.25, 0.3) is 0 Å². The Hall–Kier alpha value is -0.300. The Bertz CT molecular complexity index is 285. The van der Waals surface area contributed by atoms with Gasteiger partial charge >= 0.3 is 0 Å². The van der Waals surface area contributed by atoms with Crippen LogP contribution >= 0.6 is 35.3 Å². The molecule has 16 heavy (non-hydrogen) atoms. The van der Waals surface area contributed by atoms with E-state index in [9.17, 15) is 0 Å². The van der Waals surface area contributed by atoms with Crippen LogP contribution in [0.4, 0.5) is 0 Å². The molecule has 0 fully saturated rings. The molecule has 1 aromatic heterocycles. The first-order valence-corrected chi connectivity index (χ1v) is 6.26. The number of hydrogen-bond donors (Lipinski definition) is 2. The maximum atomic E-state index is 4.16. The summed E-state index contributed by atoms with van der Waals surface area (Å²) < 4.78 is 0. The molecule has 0 atom stereocenters. The molecule has 0 aromatic carbocycles. The molecule has 0 aliphatic carbocycles. The van der Waals surface area contributed by atoms with Gasteiger partial charge in [-0.1, -0.05) is 13.3 Å². The molecule has 5 heteroatoms. The van der Waals surface area contributed by atoms with Crippen LogP contribution in [-0.2, 0) is 6.54 Å². The van der Waals surface area contributed by atoms with E-state index in [-0.39, 0.29) is 24.0 Å². The van der Waals surface area contributed by atoms with Crippen LogP contribution in [0.1, 0.15) is 25.3 Å². The number of unbranched alkanes of at least 4 members (excludes halogenated alkanes) is 1. The maximum Gasteiger partial charge on any atom is 0.191 e. The minimum absolute atomic E-state index is 0. The Balaban J connectivity index is 0.00000225. The van der Waals surface area contributed by atoms with Gasteiger partial charge in [0.1, 0.15) is 0 Å². The number of guanidine groups is 1. The van der Waals surface area contributed by atoms with Gasteiger partial charge < -0.3 is 10.6 Å². The van der Waals surface area contributed by atoms with E-state index in [2.05, 4.69) is 39.4 Å².